The van der Waals surface area contributed by atoms with Crippen molar-refractivity contribution in [1.29, 1.82) is 0 Å². The number of aromatic nitrogens is 4. The Morgan fingerprint density at radius 1 is 1.44 bits per heavy atom. The Balaban J connectivity index is 1.52. The minimum absolute atomic E-state index is 0.0237. The van der Waals surface area contributed by atoms with Gasteiger partial charge in [-0.25, -0.2) is 0 Å². The summed E-state index contributed by atoms with van der Waals surface area (Å²) in [5.41, 5.74) is 0.773. The summed E-state index contributed by atoms with van der Waals surface area (Å²) in [6, 6.07) is 7.57. The molecule has 1 aliphatic rings. The molecule has 1 aromatic carbocycles. The van der Waals surface area contributed by atoms with Crippen molar-refractivity contribution in [1.82, 2.24) is 25.5 Å². The molecule has 7 nitrogen and oxygen atoms in total. The number of carbonyl (C=O) groups is 1. The first-order valence-electron chi connectivity index (χ1n) is 8.45. The zero-order valence-electron chi connectivity index (χ0n) is 14.1. The van der Waals surface area contributed by atoms with Crippen LogP contribution < -0.4 is 10.2 Å². The maximum Gasteiger partial charge on any atom is 0.230 e. The molecule has 1 aliphatic heterocycles. The van der Waals surface area contributed by atoms with Gasteiger partial charge < -0.3 is 10.2 Å². The molecule has 1 amide bonds. The molecule has 134 valence electrons. The molecule has 1 fully saturated rings. The topological polar surface area (TPSA) is 77.1 Å². The lowest BCUT2D eigenvalue weighted by atomic mass is 10.1. The van der Waals surface area contributed by atoms with Crippen molar-refractivity contribution < 1.29 is 9.69 Å². The lowest BCUT2D eigenvalue weighted by Gasteiger charge is -2.28. The van der Waals surface area contributed by atoms with Crippen LogP contribution in [0.25, 0.3) is 5.69 Å². The largest absolute Gasteiger partial charge is 0.352 e. The molecule has 3 rings (SSSR count). The lowest BCUT2D eigenvalue weighted by Crippen LogP contribution is -3.13. The predicted molar refractivity (Wildman–Crippen MR) is 97.3 cm³/mol. The molecule has 2 aromatic rings. The molecule has 0 radical (unpaired) electrons. The SMILES string of the molecule is CC[NH+]1CCC(NC(=O)CSc2nnnn2-c2cccc(Cl)c2)CC1. The average Bonchev–Trinajstić information content (AvgIpc) is 3.09. The highest BCUT2D eigenvalue weighted by Crippen LogP contribution is 2.20. The number of amides is 1. The van der Waals surface area contributed by atoms with Gasteiger partial charge in [-0.3, -0.25) is 4.79 Å². The summed E-state index contributed by atoms with van der Waals surface area (Å²) < 4.78 is 1.59. The van der Waals surface area contributed by atoms with Crippen LogP contribution in [0.2, 0.25) is 5.02 Å². The van der Waals surface area contributed by atoms with Crippen LogP contribution in [-0.2, 0) is 4.79 Å². The van der Waals surface area contributed by atoms with Crippen molar-refractivity contribution >= 4 is 29.3 Å². The smallest absolute Gasteiger partial charge is 0.230 e. The fourth-order valence-corrected chi connectivity index (χ4v) is 3.85. The Labute approximate surface area is 156 Å². The third kappa shape index (κ3) is 4.93. The Hall–Kier alpha value is -1.64. The van der Waals surface area contributed by atoms with Crippen LogP contribution in [0.4, 0.5) is 0 Å². The monoisotopic (exact) mass is 381 g/mol. The van der Waals surface area contributed by atoms with Gasteiger partial charge in [0, 0.05) is 23.9 Å². The second-order valence-electron chi connectivity index (χ2n) is 6.09. The van der Waals surface area contributed by atoms with Gasteiger partial charge in [-0.2, -0.15) is 4.68 Å². The zero-order chi connectivity index (χ0) is 17.6. The highest BCUT2D eigenvalue weighted by atomic mass is 35.5. The molecule has 2 heterocycles. The van der Waals surface area contributed by atoms with Crippen molar-refractivity contribution in [3.63, 3.8) is 0 Å². The number of nitrogens with zero attached hydrogens (tertiary/aromatic N) is 4. The molecular weight excluding hydrogens is 360 g/mol. The van der Waals surface area contributed by atoms with Gasteiger partial charge in [0.25, 0.3) is 0 Å². The summed E-state index contributed by atoms with van der Waals surface area (Å²) in [5, 5.41) is 16.0. The summed E-state index contributed by atoms with van der Waals surface area (Å²) >= 11 is 7.34. The van der Waals surface area contributed by atoms with Gasteiger partial charge in [0.1, 0.15) is 0 Å². The fraction of sp³-hybridized carbons (Fsp3) is 0.500. The highest BCUT2D eigenvalue weighted by Gasteiger charge is 2.22. The number of piperidine rings is 1. The van der Waals surface area contributed by atoms with E-state index in [-0.39, 0.29) is 11.9 Å². The van der Waals surface area contributed by atoms with Gasteiger partial charge >= 0.3 is 0 Å². The van der Waals surface area contributed by atoms with E-state index in [9.17, 15) is 4.79 Å². The number of likely N-dealkylation sites (tertiary alicyclic amines) is 1. The Bertz CT molecular complexity index is 716. The predicted octanol–water partition coefficient (Wildman–Crippen LogP) is 0.591. The number of halogens is 1. The number of quaternary nitrogens is 1. The average molecular weight is 382 g/mol. The Kier molecular flexibility index (Phi) is 6.28. The van der Waals surface area contributed by atoms with Crippen LogP contribution in [0.5, 0.6) is 0 Å². The standard InChI is InChI=1S/C16H21ClN6OS/c1-2-22-8-6-13(7-9-22)18-15(24)11-25-16-19-20-21-23(16)14-5-3-4-12(17)10-14/h3-5,10,13H,2,6-9,11H2,1H3,(H,18,24)/p+1. The van der Waals surface area contributed by atoms with Gasteiger partial charge in [0.05, 0.1) is 31.1 Å². The van der Waals surface area contributed by atoms with Crippen LogP contribution in [0.15, 0.2) is 29.4 Å². The third-order valence-corrected chi connectivity index (χ3v) is 5.54. The first kappa shape index (κ1) is 18.2. The minimum atomic E-state index is 0.0237. The number of carbonyl (C=O) groups excluding carboxylic acids is 1. The molecule has 0 unspecified atom stereocenters. The second-order valence-corrected chi connectivity index (χ2v) is 7.47. The molecule has 1 saturated heterocycles. The van der Waals surface area contributed by atoms with Gasteiger partial charge in [-0.15, -0.1) is 5.10 Å². The molecule has 0 atom stereocenters. The summed E-state index contributed by atoms with van der Waals surface area (Å²) in [7, 11) is 0. The molecule has 0 bridgehead atoms. The molecule has 2 N–H and O–H groups in total. The molecular formula is C16H22ClN6OS+. The van der Waals surface area contributed by atoms with Gasteiger partial charge in [-0.1, -0.05) is 29.4 Å². The second kappa shape index (κ2) is 8.64. The molecule has 1 aromatic heterocycles. The summed E-state index contributed by atoms with van der Waals surface area (Å²) in [6.07, 6.45) is 2.08. The maximum absolute atomic E-state index is 12.2. The molecule has 9 heteroatoms. The maximum atomic E-state index is 12.2. The van der Waals surface area contributed by atoms with Crippen molar-refractivity contribution in [2.45, 2.75) is 31.0 Å². The quantitative estimate of drug-likeness (QED) is 0.716. The number of rotatable bonds is 6. The van der Waals surface area contributed by atoms with Gasteiger partial charge in [-0.05, 0) is 35.5 Å². The molecule has 0 saturated carbocycles. The van der Waals surface area contributed by atoms with E-state index < -0.39 is 0 Å². The van der Waals surface area contributed by atoms with Crippen molar-refractivity contribution in [2.24, 2.45) is 0 Å². The number of nitrogens with one attached hydrogen (secondary N) is 2. The van der Waals surface area contributed by atoms with E-state index in [1.165, 1.54) is 11.8 Å². The van der Waals surface area contributed by atoms with E-state index in [0.717, 1.165) is 38.2 Å². The van der Waals surface area contributed by atoms with Crippen LogP contribution in [-0.4, -0.2) is 57.5 Å². The number of thioether (sulfide) groups is 1. The zero-order valence-corrected chi connectivity index (χ0v) is 15.7. The molecule has 25 heavy (non-hydrogen) atoms. The Morgan fingerprint density at radius 3 is 2.96 bits per heavy atom. The first-order valence-corrected chi connectivity index (χ1v) is 9.82. The third-order valence-electron chi connectivity index (χ3n) is 4.38. The van der Waals surface area contributed by atoms with Gasteiger partial charge in [0.15, 0.2) is 0 Å². The fourth-order valence-electron chi connectivity index (χ4n) is 2.96. The molecule has 0 aliphatic carbocycles. The number of hydrogen-bond acceptors (Lipinski definition) is 5. The van der Waals surface area contributed by atoms with E-state index in [1.54, 1.807) is 21.7 Å². The Morgan fingerprint density at radius 2 is 2.24 bits per heavy atom. The number of tetrazole rings is 1. The van der Waals surface area contributed by atoms with Crippen molar-refractivity contribution in [3.8, 4) is 5.69 Å². The van der Waals surface area contributed by atoms with E-state index >= 15 is 0 Å². The number of hydrogen-bond donors (Lipinski definition) is 2. The van der Waals surface area contributed by atoms with Crippen LogP contribution >= 0.6 is 23.4 Å². The highest BCUT2D eigenvalue weighted by molar-refractivity contribution is 7.99. The molecule has 0 spiro atoms. The normalized spacial score (nSPS) is 20.4. The summed E-state index contributed by atoms with van der Waals surface area (Å²) in [6.45, 7) is 5.61. The van der Waals surface area contributed by atoms with Crippen LogP contribution in [0.3, 0.4) is 0 Å². The van der Waals surface area contributed by atoms with Gasteiger partial charge in [0.2, 0.25) is 11.1 Å². The van der Waals surface area contributed by atoms with E-state index in [4.69, 9.17) is 11.6 Å². The van der Waals surface area contributed by atoms with E-state index in [0.29, 0.717) is 15.9 Å². The minimum Gasteiger partial charge on any atom is -0.352 e. The lowest BCUT2D eigenvalue weighted by molar-refractivity contribution is -0.903. The van der Waals surface area contributed by atoms with Crippen LogP contribution in [0.1, 0.15) is 19.8 Å². The van der Waals surface area contributed by atoms with Crippen molar-refractivity contribution in [2.75, 3.05) is 25.4 Å². The van der Waals surface area contributed by atoms with Crippen molar-refractivity contribution in [3.05, 3.63) is 29.3 Å². The van der Waals surface area contributed by atoms with Crippen LogP contribution in [0, 0.1) is 0 Å². The number of benzene rings is 1. The first-order chi connectivity index (χ1) is 12.2. The summed E-state index contributed by atoms with van der Waals surface area (Å²) in [4.78, 5) is 13.8. The van der Waals surface area contributed by atoms with E-state index in [2.05, 4.69) is 27.8 Å². The summed E-state index contributed by atoms with van der Waals surface area (Å²) in [5.74, 6) is 0.317. The van der Waals surface area contributed by atoms with E-state index in [1.807, 2.05) is 12.1 Å².